The van der Waals surface area contributed by atoms with Crippen LogP contribution in [0.15, 0.2) is 30.3 Å². The van der Waals surface area contributed by atoms with Crippen LogP contribution in [0.2, 0.25) is 4.34 Å². The minimum Gasteiger partial charge on any atom is -0.493 e. The monoisotopic (exact) mass is 425 g/mol. The van der Waals surface area contributed by atoms with Crippen LogP contribution in [-0.4, -0.2) is 52.9 Å². The Morgan fingerprint density at radius 2 is 1.79 bits per heavy atom. The van der Waals surface area contributed by atoms with Gasteiger partial charge in [0, 0.05) is 6.54 Å². The highest BCUT2D eigenvalue weighted by atomic mass is 35.5. The quantitative estimate of drug-likeness (QED) is 0.559. The number of hydrogen-bond acceptors (Lipinski definition) is 4. The Morgan fingerprint density at radius 3 is 2.43 bits per heavy atom. The maximum absolute atomic E-state index is 12.3. The molecule has 0 aliphatic carbocycles. The molecule has 1 aliphatic rings. The molecule has 0 bridgehead atoms. The van der Waals surface area contributed by atoms with E-state index in [2.05, 4.69) is 11.4 Å². The van der Waals surface area contributed by atoms with E-state index in [1.165, 1.54) is 9.78 Å². The molecule has 0 spiro atoms. The fourth-order valence-corrected chi connectivity index (χ4v) is 4.64. The Labute approximate surface area is 175 Å². The van der Waals surface area contributed by atoms with Crippen molar-refractivity contribution in [2.75, 3.05) is 46.9 Å². The molecule has 28 heavy (non-hydrogen) atoms. The molecule has 1 aliphatic heterocycles. The molecular formula is C20H28ClN3O3S+2. The average Bonchev–Trinajstić information content (AvgIpc) is 3.12. The minimum atomic E-state index is 0.0817. The van der Waals surface area contributed by atoms with Crippen LogP contribution in [0.25, 0.3) is 0 Å². The molecule has 0 unspecified atom stereocenters. The number of rotatable bonds is 8. The summed E-state index contributed by atoms with van der Waals surface area (Å²) in [5.74, 6) is 1.44. The van der Waals surface area contributed by atoms with E-state index in [4.69, 9.17) is 21.1 Å². The maximum atomic E-state index is 12.3. The molecule has 1 fully saturated rings. The standard InChI is InChI=1S/C20H26ClN3O3S/c1-26-17-5-3-15(11-18(17)27-2)12-22-20(25)14-24-9-7-23(8-10-24)13-16-4-6-19(21)28-16/h3-6,11H,7-10,12-14H2,1-2H3,(H,22,25)/p+2. The Bertz CT molecular complexity index is 791. The summed E-state index contributed by atoms with van der Waals surface area (Å²) in [5.41, 5.74) is 0.991. The van der Waals surface area contributed by atoms with Gasteiger partial charge in [0.2, 0.25) is 0 Å². The summed E-state index contributed by atoms with van der Waals surface area (Å²) >= 11 is 7.67. The number of quaternary nitrogens is 2. The molecular weight excluding hydrogens is 398 g/mol. The first-order valence-electron chi connectivity index (χ1n) is 9.46. The zero-order valence-corrected chi connectivity index (χ0v) is 17.9. The van der Waals surface area contributed by atoms with Crippen LogP contribution >= 0.6 is 22.9 Å². The van der Waals surface area contributed by atoms with E-state index >= 15 is 0 Å². The highest BCUT2D eigenvalue weighted by Gasteiger charge is 2.25. The van der Waals surface area contributed by atoms with E-state index < -0.39 is 0 Å². The molecule has 1 aromatic carbocycles. The first-order valence-corrected chi connectivity index (χ1v) is 10.7. The van der Waals surface area contributed by atoms with Crippen LogP contribution < -0.4 is 24.6 Å². The predicted molar refractivity (Wildman–Crippen MR) is 111 cm³/mol. The number of halogens is 1. The second kappa shape index (κ2) is 10.1. The van der Waals surface area contributed by atoms with Crippen LogP contribution in [-0.2, 0) is 17.9 Å². The maximum Gasteiger partial charge on any atom is 0.275 e. The van der Waals surface area contributed by atoms with Crippen LogP contribution in [0, 0.1) is 0 Å². The number of nitrogens with one attached hydrogen (secondary N) is 3. The van der Waals surface area contributed by atoms with Crippen molar-refractivity contribution in [3.8, 4) is 11.5 Å². The third-order valence-corrected chi connectivity index (χ3v) is 6.30. The van der Waals surface area contributed by atoms with Crippen molar-refractivity contribution in [2.24, 2.45) is 0 Å². The molecule has 3 rings (SSSR count). The van der Waals surface area contributed by atoms with Crippen molar-refractivity contribution in [1.29, 1.82) is 0 Å². The summed E-state index contributed by atoms with van der Waals surface area (Å²) in [7, 11) is 3.22. The van der Waals surface area contributed by atoms with Crippen molar-refractivity contribution in [1.82, 2.24) is 5.32 Å². The van der Waals surface area contributed by atoms with Gasteiger partial charge in [0.25, 0.3) is 5.91 Å². The molecule has 1 aromatic heterocycles. The second-order valence-corrected chi connectivity index (χ2v) is 8.83. The van der Waals surface area contributed by atoms with Gasteiger partial charge in [-0.3, -0.25) is 4.79 Å². The summed E-state index contributed by atoms with van der Waals surface area (Å²) in [5, 5.41) is 3.01. The number of ether oxygens (including phenoxy) is 2. The second-order valence-electron chi connectivity index (χ2n) is 7.03. The van der Waals surface area contributed by atoms with E-state index in [-0.39, 0.29) is 5.91 Å². The fourth-order valence-electron chi connectivity index (χ4n) is 3.48. The molecule has 2 heterocycles. The van der Waals surface area contributed by atoms with Gasteiger partial charge >= 0.3 is 0 Å². The van der Waals surface area contributed by atoms with Gasteiger partial charge in [-0.1, -0.05) is 17.7 Å². The van der Waals surface area contributed by atoms with Crippen LogP contribution in [0.3, 0.4) is 0 Å². The molecule has 1 saturated heterocycles. The Morgan fingerprint density at radius 1 is 1.07 bits per heavy atom. The summed E-state index contributed by atoms with van der Waals surface area (Å²) in [6, 6.07) is 9.76. The molecule has 1 amide bonds. The summed E-state index contributed by atoms with van der Waals surface area (Å²) in [4.78, 5) is 16.6. The largest absolute Gasteiger partial charge is 0.493 e. The highest BCUT2D eigenvalue weighted by Crippen LogP contribution is 2.27. The van der Waals surface area contributed by atoms with Gasteiger partial charge in [-0.2, -0.15) is 0 Å². The van der Waals surface area contributed by atoms with Gasteiger partial charge in [-0.25, -0.2) is 0 Å². The molecule has 2 aromatic rings. The number of thiophene rings is 1. The first-order chi connectivity index (χ1) is 13.6. The fraction of sp³-hybridized carbons (Fsp3) is 0.450. The van der Waals surface area contributed by atoms with Gasteiger partial charge < -0.3 is 24.6 Å². The number of hydrogen-bond donors (Lipinski definition) is 3. The van der Waals surface area contributed by atoms with Gasteiger partial charge in [-0.15, -0.1) is 11.3 Å². The van der Waals surface area contributed by atoms with Crippen molar-refractivity contribution in [3.05, 3.63) is 45.1 Å². The van der Waals surface area contributed by atoms with E-state index in [9.17, 15) is 4.79 Å². The summed E-state index contributed by atoms with van der Waals surface area (Å²) in [6.07, 6.45) is 0. The summed E-state index contributed by atoms with van der Waals surface area (Å²) < 4.78 is 11.4. The van der Waals surface area contributed by atoms with Gasteiger partial charge in [0.15, 0.2) is 18.0 Å². The summed E-state index contributed by atoms with van der Waals surface area (Å²) in [6.45, 7) is 6.21. The van der Waals surface area contributed by atoms with Gasteiger partial charge in [0.1, 0.15) is 32.7 Å². The molecule has 152 valence electrons. The van der Waals surface area contributed by atoms with E-state index in [1.54, 1.807) is 30.5 Å². The van der Waals surface area contributed by atoms with Crippen molar-refractivity contribution < 1.29 is 24.1 Å². The first kappa shape index (κ1) is 20.9. The number of carbonyl (C=O) groups is 1. The van der Waals surface area contributed by atoms with Crippen LogP contribution in [0.4, 0.5) is 0 Å². The van der Waals surface area contributed by atoms with Crippen LogP contribution in [0.1, 0.15) is 10.4 Å². The average molecular weight is 426 g/mol. The minimum absolute atomic E-state index is 0.0817. The lowest BCUT2D eigenvalue weighted by Gasteiger charge is -2.29. The van der Waals surface area contributed by atoms with E-state index in [0.717, 1.165) is 42.6 Å². The predicted octanol–water partition coefficient (Wildman–Crippen LogP) is 0.0185. The van der Waals surface area contributed by atoms with E-state index in [1.807, 2.05) is 24.3 Å². The Kier molecular flexibility index (Phi) is 7.56. The SMILES string of the molecule is COc1ccc(CNC(=O)C[NH+]2CC[NH+](Cc3ccc(Cl)s3)CC2)cc1OC. The van der Waals surface area contributed by atoms with Crippen molar-refractivity contribution in [3.63, 3.8) is 0 Å². The Hall–Kier alpha value is -1.80. The number of piperazine rings is 1. The third kappa shape index (κ3) is 5.85. The zero-order valence-electron chi connectivity index (χ0n) is 16.3. The normalized spacial score (nSPS) is 19.2. The number of carbonyl (C=O) groups excluding carboxylic acids is 1. The van der Waals surface area contributed by atoms with Crippen molar-refractivity contribution >= 4 is 28.8 Å². The van der Waals surface area contributed by atoms with Crippen LogP contribution in [0.5, 0.6) is 11.5 Å². The van der Waals surface area contributed by atoms with Gasteiger partial charge in [-0.05, 0) is 29.8 Å². The lowest BCUT2D eigenvalue weighted by Crippen LogP contribution is -3.28. The topological polar surface area (TPSA) is 56.4 Å². The lowest BCUT2D eigenvalue weighted by atomic mass is 10.2. The molecule has 0 saturated carbocycles. The third-order valence-electron chi connectivity index (χ3n) is 5.07. The lowest BCUT2D eigenvalue weighted by molar-refractivity contribution is -1.01. The number of amides is 1. The molecule has 0 radical (unpaired) electrons. The number of benzene rings is 1. The van der Waals surface area contributed by atoms with E-state index in [0.29, 0.717) is 24.6 Å². The molecule has 6 nitrogen and oxygen atoms in total. The zero-order chi connectivity index (χ0) is 19.9. The smallest absolute Gasteiger partial charge is 0.275 e. The van der Waals surface area contributed by atoms with Crippen molar-refractivity contribution in [2.45, 2.75) is 13.1 Å². The number of methoxy groups -OCH3 is 2. The highest BCUT2D eigenvalue weighted by molar-refractivity contribution is 7.16. The Balaban J connectivity index is 1.40. The molecule has 0 atom stereocenters. The van der Waals surface area contributed by atoms with Gasteiger partial charge in [0.05, 0.1) is 23.4 Å². The molecule has 3 N–H and O–H groups in total. The molecule has 8 heteroatoms.